The molecule has 0 aromatic heterocycles. The fraction of sp³-hybridized carbons (Fsp3) is 0.550. The number of benzene rings is 1. The van der Waals surface area contributed by atoms with Crippen LogP contribution in [0.1, 0.15) is 49.0 Å². The first-order chi connectivity index (χ1) is 12.7. The van der Waals surface area contributed by atoms with Crippen LogP contribution in [0, 0.1) is 18.3 Å². The van der Waals surface area contributed by atoms with Crippen LogP contribution in [0.3, 0.4) is 0 Å². The molecule has 1 aromatic rings. The van der Waals surface area contributed by atoms with Crippen LogP contribution < -0.4 is 10.6 Å². The lowest BCUT2D eigenvalue weighted by Crippen LogP contribution is -2.38. The Balaban J connectivity index is 1.72. The van der Waals surface area contributed by atoms with Gasteiger partial charge in [-0.15, -0.1) is 0 Å². The van der Waals surface area contributed by atoms with Gasteiger partial charge in [0.1, 0.15) is 0 Å². The first-order valence-electron chi connectivity index (χ1n) is 9.44. The van der Waals surface area contributed by atoms with E-state index in [-0.39, 0.29) is 30.4 Å². The molecule has 1 heterocycles. The maximum atomic E-state index is 12.7. The van der Waals surface area contributed by atoms with Gasteiger partial charge < -0.3 is 20.6 Å². The minimum Gasteiger partial charge on any atom is -0.481 e. The molecule has 0 unspecified atom stereocenters. The number of fused-ring (bicyclic) bond motifs is 1. The van der Waals surface area contributed by atoms with Crippen LogP contribution in [-0.4, -0.2) is 47.0 Å². The average molecular weight is 373 g/mol. The van der Waals surface area contributed by atoms with Gasteiger partial charge in [0, 0.05) is 30.4 Å². The number of hydrogen-bond acceptors (Lipinski definition) is 3. The summed E-state index contributed by atoms with van der Waals surface area (Å²) in [7, 11) is 0. The number of nitrogens with one attached hydrogen (secondary N) is 2. The van der Waals surface area contributed by atoms with Gasteiger partial charge in [-0.25, -0.2) is 4.79 Å². The highest BCUT2D eigenvalue weighted by molar-refractivity contribution is 5.98. The number of carbonyl (C=O) groups is 3. The number of amides is 3. The van der Waals surface area contributed by atoms with Crippen molar-refractivity contribution in [2.75, 3.05) is 18.4 Å². The molecule has 3 rings (SSSR count). The minimum absolute atomic E-state index is 0.0196. The van der Waals surface area contributed by atoms with E-state index in [1.54, 1.807) is 23.1 Å². The van der Waals surface area contributed by atoms with Crippen molar-refractivity contribution in [1.29, 1.82) is 0 Å². The smallest absolute Gasteiger partial charge is 0.321 e. The molecule has 2 aliphatic rings. The zero-order chi connectivity index (χ0) is 19.8. The molecule has 3 N–H and O–H groups in total. The van der Waals surface area contributed by atoms with E-state index in [4.69, 9.17) is 0 Å². The average Bonchev–Trinajstić information content (AvgIpc) is 3.14. The standard InChI is InChI=1S/C20H27N3O4/c1-12(2)21-17(24)16-9-15(7-6-13(16)3)22-19(27)23-10-14-5-4-8-20(14,11-23)18(25)26/h6-7,9,12,14H,4-5,8,10-11H2,1-3H3,(H,21,24)(H,22,27)(H,25,26)/t14-,20+/m0/s1. The number of rotatable bonds is 4. The van der Waals surface area contributed by atoms with Gasteiger partial charge in [0.15, 0.2) is 0 Å². The number of carbonyl (C=O) groups excluding carboxylic acids is 2. The summed E-state index contributed by atoms with van der Waals surface area (Å²) < 4.78 is 0. The van der Waals surface area contributed by atoms with E-state index in [2.05, 4.69) is 10.6 Å². The third-order valence-corrected chi connectivity index (χ3v) is 5.74. The number of urea groups is 1. The number of nitrogens with zero attached hydrogens (tertiary/aromatic N) is 1. The molecule has 1 saturated heterocycles. The minimum atomic E-state index is -0.803. The van der Waals surface area contributed by atoms with Crippen molar-refractivity contribution >= 4 is 23.6 Å². The van der Waals surface area contributed by atoms with E-state index < -0.39 is 11.4 Å². The maximum absolute atomic E-state index is 12.7. The molecular formula is C20H27N3O4. The van der Waals surface area contributed by atoms with Crippen molar-refractivity contribution < 1.29 is 19.5 Å². The molecule has 2 fully saturated rings. The highest BCUT2D eigenvalue weighted by atomic mass is 16.4. The lowest BCUT2D eigenvalue weighted by atomic mass is 9.81. The summed E-state index contributed by atoms with van der Waals surface area (Å²) in [5, 5.41) is 15.3. The number of carboxylic acid groups (broad SMARTS) is 1. The van der Waals surface area contributed by atoms with Gasteiger partial charge in [0.2, 0.25) is 0 Å². The van der Waals surface area contributed by atoms with E-state index >= 15 is 0 Å². The van der Waals surface area contributed by atoms with Crippen LogP contribution in [0.2, 0.25) is 0 Å². The molecule has 0 radical (unpaired) electrons. The highest BCUT2D eigenvalue weighted by Crippen LogP contribution is 2.48. The van der Waals surface area contributed by atoms with E-state index in [0.29, 0.717) is 24.2 Å². The number of anilines is 1. The SMILES string of the molecule is Cc1ccc(NC(=O)N2C[C@@H]3CCC[C@@]3(C(=O)O)C2)cc1C(=O)NC(C)C. The van der Waals surface area contributed by atoms with E-state index in [0.717, 1.165) is 18.4 Å². The van der Waals surface area contributed by atoms with Crippen LogP contribution in [0.25, 0.3) is 0 Å². The van der Waals surface area contributed by atoms with E-state index in [9.17, 15) is 19.5 Å². The molecule has 0 spiro atoms. The fourth-order valence-corrected chi connectivity index (χ4v) is 4.28. The summed E-state index contributed by atoms with van der Waals surface area (Å²) in [4.78, 5) is 38.4. The van der Waals surface area contributed by atoms with Gasteiger partial charge in [-0.05, 0) is 57.2 Å². The Hall–Kier alpha value is -2.57. The van der Waals surface area contributed by atoms with Gasteiger partial charge >= 0.3 is 12.0 Å². The van der Waals surface area contributed by atoms with Crippen molar-refractivity contribution in [2.45, 2.75) is 46.1 Å². The molecule has 1 aliphatic carbocycles. The van der Waals surface area contributed by atoms with Gasteiger partial charge in [0.05, 0.1) is 5.41 Å². The molecule has 3 amide bonds. The zero-order valence-corrected chi connectivity index (χ0v) is 16.0. The van der Waals surface area contributed by atoms with Crippen molar-refractivity contribution in [2.24, 2.45) is 11.3 Å². The largest absolute Gasteiger partial charge is 0.481 e. The monoisotopic (exact) mass is 373 g/mol. The topological polar surface area (TPSA) is 98.7 Å². The Morgan fingerprint density at radius 1 is 1.30 bits per heavy atom. The molecule has 0 bridgehead atoms. The Bertz CT molecular complexity index is 776. The summed E-state index contributed by atoms with van der Waals surface area (Å²) in [6.07, 6.45) is 2.37. The van der Waals surface area contributed by atoms with E-state index in [1.807, 2.05) is 20.8 Å². The van der Waals surface area contributed by atoms with Crippen LogP contribution in [0.5, 0.6) is 0 Å². The molecule has 1 aromatic carbocycles. The van der Waals surface area contributed by atoms with Crippen molar-refractivity contribution in [3.05, 3.63) is 29.3 Å². The molecule has 27 heavy (non-hydrogen) atoms. The van der Waals surface area contributed by atoms with Crippen LogP contribution in [0.4, 0.5) is 10.5 Å². The first kappa shape index (κ1) is 19.2. The Morgan fingerprint density at radius 3 is 2.67 bits per heavy atom. The second-order valence-corrected chi connectivity index (χ2v) is 8.02. The third-order valence-electron chi connectivity index (χ3n) is 5.74. The summed E-state index contributed by atoms with van der Waals surface area (Å²) in [5.74, 6) is -0.964. The molecule has 7 nitrogen and oxygen atoms in total. The Labute approximate surface area is 159 Å². The van der Waals surface area contributed by atoms with Crippen LogP contribution >= 0.6 is 0 Å². The van der Waals surface area contributed by atoms with Crippen LogP contribution in [0.15, 0.2) is 18.2 Å². The maximum Gasteiger partial charge on any atom is 0.321 e. The fourth-order valence-electron chi connectivity index (χ4n) is 4.28. The molecule has 7 heteroatoms. The number of likely N-dealkylation sites (tertiary alicyclic amines) is 1. The second kappa shape index (κ2) is 7.21. The van der Waals surface area contributed by atoms with Crippen LogP contribution in [-0.2, 0) is 4.79 Å². The third kappa shape index (κ3) is 3.63. The zero-order valence-electron chi connectivity index (χ0n) is 16.0. The first-order valence-corrected chi connectivity index (χ1v) is 9.44. The number of aryl methyl sites for hydroxylation is 1. The second-order valence-electron chi connectivity index (χ2n) is 8.02. The number of hydrogen-bond donors (Lipinski definition) is 3. The van der Waals surface area contributed by atoms with Gasteiger partial charge in [-0.3, -0.25) is 9.59 Å². The summed E-state index contributed by atoms with van der Waals surface area (Å²) in [6.45, 7) is 6.33. The Morgan fingerprint density at radius 2 is 2.04 bits per heavy atom. The predicted molar refractivity (Wildman–Crippen MR) is 102 cm³/mol. The molecule has 2 atom stereocenters. The molecule has 146 valence electrons. The van der Waals surface area contributed by atoms with Gasteiger partial charge in [-0.1, -0.05) is 12.5 Å². The lowest BCUT2D eigenvalue weighted by Gasteiger charge is -2.23. The van der Waals surface area contributed by atoms with Crippen molar-refractivity contribution in [3.8, 4) is 0 Å². The number of aliphatic carboxylic acids is 1. The lowest BCUT2D eigenvalue weighted by molar-refractivity contribution is -0.149. The normalized spacial score (nSPS) is 24.0. The molecule has 1 aliphatic heterocycles. The van der Waals surface area contributed by atoms with Gasteiger partial charge in [0.25, 0.3) is 5.91 Å². The van der Waals surface area contributed by atoms with Crippen molar-refractivity contribution in [1.82, 2.24) is 10.2 Å². The number of carboxylic acids is 1. The van der Waals surface area contributed by atoms with Gasteiger partial charge in [-0.2, -0.15) is 0 Å². The van der Waals surface area contributed by atoms with Crippen molar-refractivity contribution in [3.63, 3.8) is 0 Å². The summed E-state index contributed by atoms with van der Waals surface area (Å²) in [5.41, 5.74) is 1.07. The molecule has 1 saturated carbocycles. The quantitative estimate of drug-likeness (QED) is 0.756. The summed E-state index contributed by atoms with van der Waals surface area (Å²) >= 11 is 0. The van der Waals surface area contributed by atoms with E-state index in [1.165, 1.54) is 0 Å². The Kier molecular flexibility index (Phi) is 5.13. The molecular weight excluding hydrogens is 346 g/mol. The predicted octanol–water partition coefficient (Wildman–Crippen LogP) is 2.85. The highest BCUT2D eigenvalue weighted by Gasteiger charge is 2.55. The summed E-state index contributed by atoms with van der Waals surface area (Å²) in [6, 6.07) is 4.91.